The molecule has 2 aromatic heterocycles. The van der Waals surface area contributed by atoms with E-state index in [1.54, 1.807) is 11.8 Å². The van der Waals surface area contributed by atoms with E-state index >= 15 is 0 Å². The molecule has 1 amide bonds. The maximum absolute atomic E-state index is 12.4. The Balaban J connectivity index is 1.42. The molecule has 0 spiro atoms. The summed E-state index contributed by atoms with van der Waals surface area (Å²) in [5, 5.41) is 10.5. The molecule has 2 heterocycles. The summed E-state index contributed by atoms with van der Waals surface area (Å²) >= 11 is 2.96. The molecule has 32 heavy (non-hydrogen) atoms. The van der Waals surface area contributed by atoms with Gasteiger partial charge in [-0.25, -0.2) is 9.97 Å². The third-order valence-electron chi connectivity index (χ3n) is 4.70. The number of aromatic nitrogens is 4. The summed E-state index contributed by atoms with van der Waals surface area (Å²) in [6.07, 6.45) is 3.90. The molecule has 0 radical (unpaired) electrons. The fourth-order valence-electron chi connectivity index (χ4n) is 3.20. The number of nitrogens with one attached hydrogen (secondary N) is 1. The second-order valence-corrected chi connectivity index (χ2v) is 9.08. The lowest BCUT2D eigenvalue weighted by molar-refractivity contribution is -0.115. The number of thiazole rings is 1. The first-order valence-electron chi connectivity index (χ1n) is 10.1. The van der Waals surface area contributed by atoms with Crippen molar-refractivity contribution in [2.24, 2.45) is 0 Å². The topological polar surface area (TPSA) is 74.8 Å². The molecular formula is C24H23N5OS2. The molecule has 0 aliphatic heterocycles. The molecule has 0 aliphatic rings. The smallest absolute Gasteiger partial charge is 0.230 e. The summed E-state index contributed by atoms with van der Waals surface area (Å²) in [7, 11) is 0. The van der Waals surface area contributed by atoms with Crippen LogP contribution < -0.4 is 4.90 Å². The number of thioether (sulfide) groups is 1. The summed E-state index contributed by atoms with van der Waals surface area (Å²) in [4.78, 5) is 23.3. The molecule has 8 heteroatoms. The van der Waals surface area contributed by atoms with Crippen molar-refractivity contribution in [3.63, 3.8) is 0 Å². The van der Waals surface area contributed by atoms with Crippen LogP contribution in [0.1, 0.15) is 35.1 Å². The average molecular weight is 462 g/mol. The van der Waals surface area contributed by atoms with Gasteiger partial charge in [-0.2, -0.15) is 0 Å². The molecule has 0 saturated heterocycles. The summed E-state index contributed by atoms with van der Waals surface area (Å²) < 4.78 is 0. The van der Waals surface area contributed by atoms with E-state index in [1.165, 1.54) is 23.1 Å². The Bertz CT molecular complexity index is 1250. The Morgan fingerprint density at radius 3 is 2.69 bits per heavy atom. The molecule has 0 bridgehead atoms. The first-order valence-corrected chi connectivity index (χ1v) is 12.0. The van der Waals surface area contributed by atoms with Crippen LogP contribution in [0.4, 0.5) is 10.8 Å². The van der Waals surface area contributed by atoms with E-state index in [1.807, 2.05) is 73.8 Å². The number of benzene rings is 2. The zero-order valence-corrected chi connectivity index (χ0v) is 19.7. The summed E-state index contributed by atoms with van der Waals surface area (Å²) in [5.74, 6) is 1.26. The van der Waals surface area contributed by atoms with Crippen LogP contribution in [-0.2, 0) is 10.5 Å². The van der Waals surface area contributed by atoms with Gasteiger partial charge in [0.15, 0.2) is 5.13 Å². The predicted molar refractivity (Wildman–Crippen MR) is 132 cm³/mol. The molecule has 2 aromatic carbocycles. The van der Waals surface area contributed by atoms with Crippen molar-refractivity contribution in [1.82, 2.24) is 20.2 Å². The molecule has 0 atom stereocenters. The van der Waals surface area contributed by atoms with Crippen molar-refractivity contribution in [3.8, 4) is 0 Å². The maximum atomic E-state index is 12.4. The van der Waals surface area contributed by atoms with Crippen LogP contribution in [-0.4, -0.2) is 26.1 Å². The highest BCUT2D eigenvalue weighted by atomic mass is 32.2. The Labute approximate surface area is 195 Å². The van der Waals surface area contributed by atoms with Gasteiger partial charge in [-0.05, 0) is 37.1 Å². The van der Waals surface area contributed by atoms with Gasteiger partial charge in [-0.1, -0.05) is 65.9 Å². The van der Waals surface area contributed by atoms with Gasteiger partial charge in [0.05, 0.1) is 11.4 Å². The fourth-order valence-corrected chi connectivity index (χ4v) is 4.89. The van der Waals surface area contributed by atoms with Gasteiger partial charge in [0.25, 0.3) is 0 Å². The third kappa shape index (κ3) is 5.33. The Kier molecular flexibility index (Phi) is 6.82. The van der Waals surface area contributed by atoms with Gasteiger partial charge >= 0.3 is 0 Å². The third-order valence-corrected chi connectivity index (χ3v) is 6.46. The zero-order valence-electron chi connectivity index (χ0n) is 18.1. The average Bonchev–Trinajstić information content (AvgIpc) is 3.43. The number of carbonyl (C=O) groups excluding carboxylic acids is 1. The van der Waals surface area contributed by atoms with Crippen molar-refractivity contribution in [1.29, 1.82) is 0 Å². The Morgan fingerprint density at radius 1 is 1.12 bits per heavy atom. The van der Waals surface area contributed by atoms with Crippen molar-refractivity contribution in [2.45, 2.75) is 31.7 Å². The highest BCUT2D eigenvalue weighted by molar-refractivity contribution is 7.98. The molecule has 0 unspecified atom stereocenters. The normalized spacial score (nSPS) is 11.2. The van der Waals surface area contributed by atoms with Crippen LogP contribution in [0, 0.1) is 13.8 Å². The van der Waals surface area contributed by atoms with Crippen molar-refractivity contribution >= 4 is 52.0 Å². The monoisotopic (exact) mass is 461 g/mol. The predicted octanol–water partition coefficient (Wildman–Crippen LogP) is 6.03. The Morgan fingerprint density at radius 2 is 1.94 bits per heavy atom. The molecule has 4 aromatic rings. The summed E-state index contributed by atoms with van der Waals surface area (Å²) in [5.41, 5.74) is 5.06. The molecule has 1 N–H and O–H groups in total. The van der Waals surface area contributed by atoms with Crippen molar-refractivity contribution in [2.75, 3.05) is 4.90 Å². The molecule has 4 rings (SSSR count). The van der Waals surface area contributed by atoms with E-state index in [2.05, 4.69) is 21.2 Å². The minimum atomic E-state index is -0.0608. The van der Waals surface area contributed by atoms with Crippen LogP contribution in [0.15, 0.2) is 59.1 Å². The van der Waals surface area contributed by atoms with Crippen LogP contribution in [0.2, 0.25) is 0 Å². The lowest BCUT2D eigenvalue weighted by atomic mass is 10.1. The van der Waals surface area contributed by atoms with Crippen LogP contribution >= 0.6 is 23.1 Å². The molecule has 0 aliphatic carbocycles. The van der Waals surface area contributed by atoms with Gasteiger partial charge in [-0.15, -0.1) is 16.4 Å². The second-order valence-electron chi connectivity index (χ2n) is 7.30. The second kappa shape index (κ2) is 9.93. The summed E-state index contributed by atoms with van der Waals surface area (Å²) in [6, 6.07) is 16.1. The van der Waals surface area contributed by atoms with Gasteiger partial charge in [0.2, 0.25) is 11.1 Å². The fraction of sp³-hybridized carbons (Fsp3) is 0.167. The molecule has 6 nitrogen and oxygen atoms in total. The van der Waals surface area contributed by atoms with Gasteiger partial charge in [0.1, 0.15) is 5.82 Å². The first-order chi connectivity index (χ1) is 15.5. The molecular weight excluding hydrogens is 438 g/mol. The largest absolute Gasteiger partial charge is 0.274 e. The number of carbonyl (C=O) groups is 1. The maximum Gasteiger partial charge on any atom is 0.230 e. The van der Waals surface area contributed by atoms with E-state index in [0.29, 0.717) is 21.9 Å². The van der Waals surface area contributed by atoms with E-state index in [9.17, 15) is 4.79 Å². The Hall–Kier alpha value is -3.23. The van der Waals surface area contributed by atoms with Crippen molar-refractivity contribution in [3.05, 3.63) is 82.1 Å². The van der Waals surface area contributed by atoms with Crippen LogP contribution in [0.3, 0.4) is 0 Å². The van der Waals surface area contributed by atoms with E-state index < -0.39 is 0 Å². The highest BCUT2D eigenvalue weighted by Gasteiger charge is 2.20. The van der Waals surface area contributed by atoms with Gasteiger partial charge in [0, 0.05) is 18.1 Å². The SMILES string of the molecule is CC(=O)N(c1nc(CSc2n[nH]c(/C=C/c3ccccc3)n2)cs1)c1ccc(C)cc1C. The number of nitrogens with zero attached hydrogens (tertiary/aromatic N) is 4. The standard InChI is InChI=1S/C24H23N5OS2/c1-16-9-11-21(17(2)13-16)29(18(3)30)24-25-20(15-32-24)14-31-23-26-22(27-28-23)12-10-19-7-5-4-6-8-19/h4-13,15H,14H2,1-3H3,(H,26,27,28)/b12-10+. The number of anilines is 2. The number of aryl methyl sites for hydroxylation is 2. The van der Waals surface area contributed by atoms with Crippen LogP contribution in [0.5, 0.6) is 0 Å². The van der Waals surface area contributed by atoms with E-state index in [4.69, 9.17) is 4.98 Å². The minimum absolute atomic E-state index is 0.0608. The van der Waals surface area contributed by atoms with Gasteiger partial charge in [-0.3, -0.25) is 14.8 Å². The summed E-state index contributed by atoms with van der Waals surface area (Å²) in [6.45, 7) is 5.61. The number of hydrogen-bond acceptors (Lipinski definition) is 6. The quantitative estimate of drug-likeness (QED) is 0.340. The number of H-pyrrole nitrogens is 1. The molecule has 0 fully saturated rings. The first kappa shape index (κ1) is 22.0. The number of amides is 1. The number of aromatic amines is 1. The van der Waals surface area contributed by atoms with E-state index in [0.717, 1.165) is 28.1 Å². The number of rotatable bonds is 7. The lowest BCUT2D eigenvalue weighted by Crippen LogP contribution is -2.23. The minimum Gasteiger partial charge on any atom is -0.274 e. The molecule has 0 saturated carbocycles. The van der Waals surface area contributed by atoms with Crippen molar-refractivity contribution < 1.29 is 4.79 Å². The van der Waals surface area contributed by atoms with Crippen LogP contribution in [0.25, 0.3) is 12.2 Å². The van der Waals surface area contributed by atoms with E-state index in [-0.39, 0.29) is 5.91 Å². The highest BCUT2D eigenvalue weighted by Crippen LogP contribution is 2.33. The number of hydrogen-bond donors (Lipinski definition) is 1. The zero-order chi connectivity index (χ0) is 22.5. The van der Waals surface area contributed by atoms with Gasteiger partial charge < -0.3 is 0 Å². The lowest BCUT2D eigenvalue weighted by Gasteiger charge is -2.20. The molecule has 162 valence electrons.